The van der Waals surface area contributed by atoms with Crippen LogP contribution in [0.5, 0.6) is 0 Å². The standard InChI is InChI=1S/C17H15ClN2O2S/c1-20(9-11-2-5-13(18)6-3-11)17(22)12-4-7-15-14(8-12)19-16(21)10-23-15/h2-8H,9-10H2,1H3,(H,19,21). The third kappa shape index (κ3) is 3.68. The summed E-state index contributed by atoms with van der Waals surface area (Å²) in [5, 5.41) is 3.48. The van der Waals surface area contributed by atoms with Crippen LogP contribution >= 0.6 is 23.4 Å². The Balaban J connectivity index is 1.75. The summed E-state index contributed by atoms with van der Waals surface area (Å²) in [5.74, 6) is 0.283. The highest BCUT2D eigenvalue weighted by Crippen LogP contribution is 2.32. The summed E-state index contributed by atoms with van der Waals surface area (Å²) in [7, 11) is 1.75. The van der Waals surface area contributed by atoms with Gasteiger partial charge in [0.05, 0.1) is 11.4 Å². The van der Waals surface area contributed by atoms with Gasteiger partial charge in [-0.25, -0.2) is 0 Å². The molecule has 1 heterocycles. The number of carbonyl (C=O) groups is 2. The van der Waals surface area contributed by atoms with Gasteiger partial charge in [0.2, 0.25) is 5.91 Å². The average Bonchev–Trinajstić information content (AvgIpc) is 2.55. The minimum absolute atomic E-state index is 0.0402. The second-order valence-corrected chi connectivity index (χ2v) is 6.79. The van der Waals surface area contributed by atoms with E-state index in [9.17, 15) is 9.59 Å². The predicted octanol–water partition coefficient (Wildman–Crippen LogP) is 3.66. The van der Waals surface area contributed by atoms with Crippen molar-refractivity contribution in [2.45, 2.75) is 11.4 Å². The van der Waals surface area contributed by atoms with Crippen LogP contribution in [0, 0.1) is 0 Å². The van der Waals surface area contributed by atoms with Crippen LogP contribution in [0.25, 0.3) is 0 Å². The number of nitrogens with one attached hydrogen (secondary N) is 1. The van der Waals surface area contributed by atoms with Crippen LogP contribution in [0.3, 0.4) is 0 Å². The Hall–Kier alpha value is -1.98. The van der Waals surface area contributed by atoms with Gasteiger partial charge < -0.3 is 10.2 Å². The van der Waals surface area contributed by atoms with Gasteiger partial charge in [0.15, 0.2) is 0 Å². The van der Waals surface area contributed by atoms with Gasteiger partial charge in [-0.15, -0.1) is 11.8 Å². The van der Waals surface area contributed by atoms with Crippen LogP contribution in [0.15, 0.2) is 47.4 Å². The molecule has 1 aliphatic heterocycles. The molecule has 0 aliphatic carbocycles. The van der Waals surface area contributed by atoms with E-state index in [2.05, 4.69) is 5.32 Å². The first-order valence-electron chi connectivity index (χ1n) is 7.09. The average molecular weight is 347 g/mol. The molecule has 3 rings (SSSR count). The topological polar surface area (TPSA) is 49.4 Å². The molecule has 23 heavy (non-hydrogen) atoms. The molecule has 2 amide bonds. The Labute approximate surface area is 143 Å². The summed E-state index contributed by atoms with van der Waals surface area (Å²) < 4.78 is 0. The molecule has 0 atom stereocenters. The molecule has 0 aromatic heterocycles. The van der Waals surface area contributed by atoms with E-state index in [1.807, 2.05) is 18.2 Å². The maximum absolute atomic E-state index is 12.6. The van der Waals surface area contributed by atoms with Gasteiger partial charge >= 0.3 is 0 Å². The van der Waals surface area contributed by atoms with Crippen molar-refractivity contribution >= 4 is 40.9 Å². The van der Waals surface area contributed by atoms with E-state index < -0.39 is 0 Å². The molecule has 2 aromatic rings. The Morgan fingerprint density at radius 2 is 2.00 bits per heavy atom. The highest BCUT2D eigenvalue weighted by atomic mass is 35.5. The molecule has 1 N–H and O–H groups in total. The van der Waals surface area contributed by atoms with Gasteiger partial charge in [-0.05, 0) is 35.9 Å². The fraction of sp³-hybridized carbons (Fsp3) is 0.176. The molecule has 4 nitrogen and oxygen atoms in total. The molecular formula is C17H15ClN2O2S. The summed E-state index contributed by atoms with van der Waals surface area (Å²) in [6.07, 6.45) is 0. The highest BCUT2D eigenvalue weighted by molar-refractivity contribution is 8.00. The van der Waals surface area contributed by atoms with E-state index in [0.717, 1.165) is 10.5 Å². The smallest absolute Gasteiger partial charge is 0.253 e. The van der Waals surface area contributed by atoms with Crippen LogP contribution < -0.4 is 5.32 Å². The molecule has 0 spiro atoms. The van der Waals surface area contributed by atoms with E-state index in [-0.39, 0.29) is 11.8 Å². The molecule has 118 valence electrons. The van der Waals surface area contributed by atoms with Crippen molar-refractivity contribution in [3.05, 3.63) is 58.6 Å². The first-order chi connectivity index (χ1) is 11.0. The third-order valence-electron chi connectivity index (χ3n) is 3.54. The molecule has 1 aliphatic rings. The zero-order valence-electron chi connectivity index (χ0n) is 12.5. The summed E-state index contributed by atoms with van der Waals surface area (Å²) in [5.41, 5.74) is 2.27. The largest absolute Gasteiger partial charge is 0.337 e. The fourth-order valence-electron chi connectivity index (χ4n) is 2.37. The number of anilines is 1. The van der Waals surface area contributed by atoms with Gasteiger partial charge in [0.25, 0.3) is 5.91 Å². The maximum Gasteiger partial charge on any atom is 0.253 e. The number of fused-ring (bicyclic) bond motifs is 1. The summed E-state index contributed by atoms with van der Waals surface area (Å²) in [6.45, 7) is 0.494. The van der Waals surface area contributed by atoms with Crippen molar-refractivity contribution in [3.8, 4) is 0 Å². The second-order valence-electron chi connectivity index (χ2n) is 5.34. The van der Waals surface area contributed by atoms with Crippen LogP contribution in [0.4, 0.5) is 5.69 Å². The fourth-order valence-corrected chi connectivity index (χ4v) is 3.29. The van der Waals surface area contributed by atoms with E-state index in [1.54, 1.807) is 36.2 Å². The van der Waals surface area contributed by atoms with E-state index in [1.165, 1.54) is 11.8 Å². The molecule has 0 saturated heterocycles. The lowest BCUT2D eigenvalue weighted by atomic mass is 10.1. The summed E-state index contributed by atoms with van der Waals surface area (Å²) in [6, 6.07) is 12.8. The SMILES string of the molecule is CN(Cc1ccc(Cl)cc1)C(=O)c1ccc2c(c1)NC(=O)CS2. The van der Waals surface area contributed by atoms with Gasteiger partial charge in [-0.3, -0.25) is 9.59 Å². The normalized spacial score (nSPS) is 13.2. The minimum Gasteiger partial charge on any atom is -0.337 e. The monoisotopic (exact) mass is 346 g/mol. The van der Waals surface area contributed by atoms with Crippen LogP contribution in [-0.2, 0) is 11.3 Å². The first-order valence-corrected chi connectivity index (χ1v) is 8.46. The van der Waals surface area contributed by atoms with Crippen molar-refractivity contribution in [2.24, 2.45) is 0 Å². The lowest BCUT2D eigenvalue weighted by molar-refractivity contribution is -0.113. The Bertz CT molecular complexity index is 762. The number of hydrogen-bond acceptors (Lipinski definition) is 3. The number of hydrogen-bond donors (Lipinski definition) is 1. The lowest BCUT2D eigenvalue weighted by Crippen LogP contribution is -2.26. The number of amides is 2. The van der Waals surface area contributed by atoms with Crippen molar-refractivity contribution in [2.75, 3.05) is 18.1 Å². The maximum atomic E-state index is 12.6. The molecule has 6 heteroatoms. The Morgan fingerprint density at radius 1 is 1.26 bits per heavy atom. The van der Waals surface area contributed by atoms with E-state index in [0.29, 0.717) is 28.6 Å². The molecule has 0 saturated carbocycles. The van der Waals surface area contributed by atoms with Crippen LogP contribution in [0.1, 0.15) is 15.9 Å². The third-order valence-corrected chi connectivity index (χ3v) is 4.86. The van der Waals surface area contributed by atoms with Crippen LogP contribution in [0.2, 0.25) is 5.02 Å². The molecular weight excluding hydrogens is 332 g/mol. The molecule has 0 bridgehead atoms. The van der Waals surface area contributed by atoms with Crippen molar-refractivity contribution in [1.82, 2.24) is 4.90 Å². The van der Waals surface area contributed by atoms with Crippen LogP contribution in [-0.4, -0.2) is 29.5 Å². The minimum atomic E-state index is -0.0902. The second kappa shape index (κ2) is 6.64. The van der Waals surface area contributed by atoms with Gasteiger partial charge in [-0.1, -0.05) is 23.7 Å². The number of carbonyl (C=O) groups excluding carboxylic acids is 2. The summed E-state index contributed by atoms with van der Waals surface area (Å²) >= 11 is 7.35. The molecule has 2 aromatic carbocycles. The van der Waals surface area contributed by atoms with Crippen molar-refractivity contribution in [3.63, 3.8) is 0 Å². The van der Waals surface area contributed by atoms with Crippen molar-refractivity contribution in [1.29, 1.82) is 0 Å². The highest BCUT2D eigenvalue weighted by Gasteiger charge is 2.19. The Kier molecular flexibility index (Phi) is 4.59. The number of thioether (sulfide) groups is 1. The molecule has 0 radical (unpaired) electrons. The number of nitrogens with zero attached hydrogens (tertiary/aromatic N) is 1. The van der Waals surface area contributed by atoms with Gasteiger partial charge in [0.1, 0.15) is 0 Å². The van der Waals surface area contributed by atoms with Crippen molar-refractivity contribution < 1.29 is 9.59 Å². The zero-order chi connectivity index (χ0) is 16.4. The molecule has 0 fully saturated rings. The Morgan fingerprint density at radius 3 is 2.74 bits per heavy atom. The first kappa shape index (κ1) is 15.9. The zero-order valence-corrected chi connectivity index (χ0v) is 14.1. The van der Waals surface area contributed by atoms with E-state index in [4.69, 9.17) is 11.6 Å². The lowest BCUT2D eigenvalue weighted by Gasteiger charge is -2.20. The summed E-state index contributed by atoms with van der Waals surface area (Å²) in [4.78, 5) is 26.7. The molecule has 0 unspecified atom stereocenters. The van der Waals surface area contributed by atoms with E-state index >= 15 is 0 Å². The predicted molar refractivity (Wildman–Crippen MR) is 93.0 cm³/mol. The number of benzene rings is 2. The quantitative estimate of drug-likeness (QED) is 0.922. The van der Waals surface area contributed by atoms with Gasteiger partial charge in [0, 0.05) is 29.1 Å². The van der Waals surface area contributed by atoms with Gasteiger partial charge in [-0.2, -0.15) is 0 Å². The number of rotatable bonds is 3. The number of halogens is 1.